The van der Waals surface area contributed by atoms with E-state index < -0.39 is 5.82 Å². The Hall–Kier alpha value is -4.55. The van der Waals surface area contributed by atoms with E-state index in [-0.39, 0.29) is 30.5 Å². The monoisotopic (exact) mass is 560 g/mol. The minimum Gasteiger partial charge on any atom is -0.393 e. The van der Waals surface area contributed by atoms with Gasteiger partial charge in [0.25, 0.3) is 0 Å². The second kappa shape index (κ2) is 12.1. The summed E-state index contributed by atoms with van der Waals surface area (Å²) < 4.78 is 14.9. The minimum atomic E-state index is -0.430. The molecule has 4 aromatic carbocycles. The Balaban J connectivity index is 1.03. The van der Waals surface area contributed by atoms with Gasteiger partial charge in [-0.1, -0.05) is 42.5 Å². The van der Waals surface area contributed by atoms with E-state index in [0.717, 1.165) is 49.2 Å². The zero-order valence-electron chi connectivity index (χ0n) is 23.4. The maximum Gasteiger partial charge on any atom is 0.167 e. The molecule has 2 aliphatic rings. The van der Waals surface area contributed by atoms with Crippen LogP contribution < -0.4 is 10.2 Å². The number of aliphatic hydroxyl groups is 1. The molecular weight excluding hydrogens is 527 g/mol. The van der Waals surface area contributed by atoms with Gasteiger partial charge < -0.3 is 15.3 Å². The normalized spacial score (nSPS) is 14.6. The van der Waals surface area contributed by atoms with Crippen molar-refractivity contribution < 1.29 is 19.1 Å². The summed E-state index contributed by atoms with van der Waals surface area (Å²) >= 11 is 0. The smallest absolute Gasteiger partial charge is 0.167 e. The summed E-state index contributed by atoms with van der Waals surface area (Å²) in [6.45, 7) is 1.63. The number of aliphatic hydroxyl groups excluding tert-OH is 1. The first-order valence-corrected chi connectivity index (χ1v) is 14.4. The van der Waals surface area contributed by atoms with Gasteiger partial charge in [0.1, 0.15) is 5.82 Å². The third-order valence-electron chi connectivity index (χ3n) is 8.12. The highest BCUT2D eigenvalue weighted by atomic mass is 19.1. The number of carbonyl (C=O) groups is 2. The molecule has 42 heavy (non-hydrogen) atoms. The summed E-state index contributed by atoms with van der Waals surface area (Å²) in [6, 6.07) is 25.6. The number of carbonyl (C=O) groups excluding carboxylic acids is 2. The van der Waals surface area contributed by atoms with Crippen LogP contribution in [0.3, 0.4) is 0 Å². The van der Waals surface area contributed by atoms with Crippen molar-refractivity contribution in [1.29, 1.82) is 0 Å². The average molecular weight is 561 g/mol. The number of Topliss-reactive ketones (excluding diaryl/α,β-unsaturated/α-hetero) is 2. The molecule has 1 fully saturated rings. The Morgan fingerprint density at radius 2 is 1.48 bits per heavy atom. The van der Waals surface area contributed by atoms with E-state index in [1.807, 2.05) is 72.8 Å². The third-order valence-corrected chi connectivity index (χ3v) is 8.12. The number of hydrogen-bond donors (Lipinski definition) is 2. The summed E-state index contributed by atoms with van der Waals surface area (Å²) in [5.74, 6) is -0.438. The van der Waals surface area contributed by atoms with Gasteiger partial charge in [0.15, 0.2) is 11.6 Å². The summed E-state index contributed by atoms with van der Waals surface area (Å²) in [4.78, 5) is 27.9. The zero-order valence-corrected chi connectivity index (χ0v) is 23.4. The predicted octanol–water partition coefficient (Wildman–Crippen LogP) is 6.95. The molecular formula is C36H33FN2O3. The highest BCUT2D eigenvalue weighted by Crippen LogP contribution is 2.25. The number of ketones is 2. The van der Waals surface area contributed by atoms with Gasteiger partial charge in [0, 0.05) is 48.4 Å². The maximum absolute atomic E-state index is 14.9. The molecule has 4 aromatic rings. The second-order valence-electron chi connectivity index (χ2n) is 11.1. The van der Waals surface area contributed by atoms with Gasteiger partial charge in [0.2, 0.25) is 0 Å². The molecule has 2 N–H and O–H groups in total. The average Bonchev–Trinajstić information content (AvgIpc) is 3.48. The van der Waals surface area contributed by atoms with Crippen LogP contribution in [0.1, 0.15) is 55.8 Å². The van der Waals surface area contributed by atoms with Gasteiger partial charge in [-0.05, 0) is 96.1 Å². The van der Waals surface area contributed by atoms with E-state index in [1.165, 1.54) is 11.6 Å². The number of anilines is 3. The van der Waals surface area contributed by atoms with E-state index >= 15 is 0 Å². The van der Waals surface area contributed by atoms with Crippen molar-refractivity contribution in [3.05, 3.63) is 130 Å². The van der Waals surface area contributed by atoms with Crippen LogP contribution in [0, 0.1) is 5.82 Å². The first-order chi connectivity index (χ1) is 20.4. The number of nitrogens with one attached hydrogen (secondary N) is 1. The highest BCUT2D eigenvalue weighted by Gasteiger charge is 2.18. The predicted molar refractivity (Wildman–Crippen MR) is 165 cm³/mol. The van der Waals surface area contributed by atoms with E-state index in [9.17, 15) is 19.1 Å². The molecule has 0 unspecified atom stereocenters. The lowest BCUT2D eigenvalue weighted by molar-refractivity contribution is 0.0984. The van der Waals surface area contributed by atoms with Crippen LogP contribution >= 0.6 is 0 Å². The lowest BCUT2D eigenvalue weighted by Crippen LogP contribution is -2.35. The fraction of sp³-hybridized carbons (Fsp3) is 0.222. The standard InChI is InChI=1S/C36H33FN2O3/c37-33-20-25(22-36(42)29-8-7-26-2-1-3-28(26)23-29)6-15-34(33)38-30-11-4-24(5-12-30)21-35(41)27-9-13-31(14-10-27)39-18-16-32(40)17-19-39/h1,3-15,20,23,32,38,40H,2,16-19,21-22H2. The number of allylic oxidation sites excluding steroid dienone is 1. The van der Waals surface area contributed by atoms with E-state index in [4.69, 9.17) is 0 Å². The van der Waals surface area contributed by atoms with E-state index in [2.05, 4.69) is 16.3 Å². The summed E-state index contributed by atoms with van der Waals surface area (Å²) in [5.41, 5.74) is 7.17. The van der Waals surface area contributed by atoms with Gasteiger partial charge in [0.05, 0.1) is 11.8 Å². The topological polar surface area (TPSA) is 69.6 Å². The van der Waals surface area contributed by atoms with Crippen molar-refractivity contribution in [2.75, 3.05) is 23.3 Å². The fourth-order valence-electron chi connectivity index (χ4n) is 5.61. The Labute approximate surface area is 245 Å². The molecule has 1 heterocycles. The number of halogens is 1. The number of piperidine rings is 1. The Morgan fingerprint density at radius 3 is 2.21 bits per heavy atom. The number of hydrogen-bond acceptors (Lipinski definition) is 5. The Kier molecular flexibility index (Phi) is 7.97. The molecule has 0 aromatic heterocycles. The summed E-state index contributed by atoms with van der Waals surface area (Å²) in [6.07, 6.45) is 6.71. The summed E-state index contributed by atoms with van der Waals surface area (Å²) in [7, 11) is 0. The number of rotatable bonds is 9. The van der Waals surface area contributed by atoms with Gasteiger partial charge in [-0.15, -0.1) is 0 Å². The van der Waals surface area contributed by atoms with Crippen molar-refractivity contribution in [2.24, 2.45) is 0 Å². The second-order valence-corrected chi connectivity index (χ2v) is 11.1. The molecule has 1 aliphatic carbocycles. The van der Waals surface area contributed by atoms with Crippen molar-refractivity contribution in [3.63, 3.8) is 0 Å². The Bertz CT molecular complexity index is 1640. The molecule has 5 nitrogen and oxygen atoms in total. The molecule has 0 atom stereocenters. The zero-order chi connectivity index (χ0) is 29.1. The largest absolute Gasteiger partial charge is 0.393 e. The molecule has 6 heteroatoms. The maximum atomic E-state index is 14.9. The molecule has 0 amide bonds. The van der Waals surface area contributed by atoms with Crippen molar-refractivity contribution in [3.8, 4) is 0 Å². The molecule has 6 rings (SSSR count). The van der Waals surface area contributed by atoms with Crippen LogP contribution in [0.5, 0.6) is 0 Å². The van der Waals surface area contributed by atoms with Crippen LogP contribution in [0.4, 0.5) is 21.5 Å². The molecule has 0 radical (unpaired) electrons. The molecule has 0 saturated carbocycles. The van der Waals surface area contributed by atoms with Crippen molar-refractivity contribution in [2.45, 2.75) is 38.2 Å². The molecule has 0 spiro atoms. The van der Waals surface area contributed by atoms with Crippen LogP contribution in [0.15, 0.2) is 91.0 Å². The highest BCUT2D eigenvalue weighted by molar-refractivity contribution is 5.98. The fourth-order valence-corrected chi connectivity index (χ4v) is 5.61. The third kappa shape index (κ3) is 6.34. The first kappa shape index (κ1) is 27.6. The molecule has 1 aliphatic heterocycles. The number of nitrogens with zero attached hydrogens (tertiary/aromatic N) is 1. The van der Waals surface area contributed by atoms with Crippen molar-refractivity contribution in [1.82, 2.24) is 0 Å². The van der Waals surface area contributed by atoms with Gasteiger partial charge in [-0.3, -0.25) is 9.59 Å². The lowest BCUT2D eigenvalue weighted by Gasteiger charge is -2.31. The van der Waals surface area contributed by atoms with Gasteiger partial charge >= 0.3 is 0 Å². The SMILES string of the molecule is O=C(Cc1ccc(Nc2ccc(CC(=O)c3ccc4c(c3)C=CC4)cc2F)cc1)c1ccc(N2CCC(O)CC2)cc1. The van der Waals surface area contributed by atoms with E-state index in [1.54, 1.807) is 12.1 Å². The minimum absolute atomic E-state index is 0.0314. The van der Waals surface area contributed by atoms with Gasteiger partial charge in [-0.2, -0.15) is 0 Å². The van der Waals surface area contributed by atoms with Crippen molar-refractivity contribution >= 4 is 34.7 Å². The van der Waals surface area contributed by atoms with Crippen LogP contribution in [0.25, 0.3) is 6.08 Å². The van der Waals surface area contributed by atoms with Crippen LogP contribution in [-0.4, -0.2) is 35.9 Å². The lowest BCUT2D eigenvalue weighted by atomic mass is 9.99. The molecule has 1 saturated heterocycles. The molecule has 212 valence electrons. The van der Waals surface area contributed by atoms with E-state index in [0.29, 0.717) is 28.1 Å². The Morgan fingerprint density at radius 1 is 0.810 bits per heavy atom. The number of fused-ring (bicyclic) bond motifs is 1. The quantitative estimate of drug-likeness (QED) is 0.217. The first-order valence-electron chi connectivity index (χ1n) is 14.4. The molecule has 0 bridgehead atoms. The van der Waals surface area contributed by atoms with Crippen LogP contribution in [0.2, 0.25) is 0 Å². The van der Waals surface area contributed by atoms with Gasteiger partial charge in [-0.25, -0.2) is 4.39 Å². The summed E-state index contributed by atoms with van der Waals surface area (Å²) in [5, 5.41) is 12.8. The van der Waals surface area contributed by atoms with Crippen LogP contribution in [-0.2, 0) is 19.3 Å². The number of benzene rings is 4.